The van der Waals surface area contributed by atoms with Crippen LogP contribution < -0.4 is 0 Å². The number of carboxylic acids is 1. The lowest BCUT2D eigenvalue weighted by molar-refractivity contribution is -0.192. The second-order valence-electron chi connectivity index (χ2n) is 7.20. The van der Waals surface area contributed by atoms with Gasteiger partial charge in [0, 0.05) is 44.0 Å². The molecule has 2 aliphatic heterocycles. The highest BCUT2D eigenvalue weighted by molar-refractivity contribution is 7.09. The lowest BCUT2D eigenvalue weighted by Gasteiger charge is -2.20. The highest BCUT2D eigenvalue weighted by Gasteiger charge is 2.38. The summed E-state index contributed by atoms with van der Waals surface area (Å²) in [4.78, 5) is 31.3. The van der Waals surface area contributed by atoms with E-state index in [0.717, 1.165) is 51.3 Å². The summed E-state index contributed by atoms with van der Waals surface area (Å²) in [5.74, 6) is -2.48. The Kier molecular flexibility index (Phi) is 7.14. The molecule has 0 atom stereocenters. The average Bonchev–Trinajstić information content (AvgIpc) is 3.37. The van der Waals surface area contributed by atoms with E-state index in [2.05, 4.69) is 32.0 Å². The van der Waals surface area contributed by atoms with Crippen molar-refractivity contribution in [1.29, 1.82) is 0 Å². The number of hydrogen-bond acceptors (Lipinski definition) is 5. The van der Waals surface area contributed by atoms with Crippen LogP contribution in [0.1, 0.15) is 35.5 Å². The minimum absolute atomic E-state index is 0.274. The zero-order valence-electron chi connectivity index (χ0n) is 16.3. The number of aliphatic carboxylic acids is 1. The molecule has 2 aromatic heterocycles. The molecule has 0 radical (unpaired) electrons. The molecule has 1 amide bonds. The Labute approximate surface area is 175 Å². The van der Waals surface area contributed by atoms with Gasteiger partial charge in [0.25, 0.3) is 0 Å². The van der Waals surface area contributed by atoms with Crippen molar-refractivity contribution in [2.75, 3.05) is 13.1 Å². The predicted octanol–water partition coefficient (Wildman–Crippen LogP) is 3.11. The van der Waals surface area contributed by atoms with Crippen molar-refractivity contribution in [3.63, 3.8) is 0 Å². The largest absolute Gasteiger partial charge is 0.490 e. The van der Waals surface area contributed by atoms with Gasteiger partial charge in [0.15, 0.2) is 0 Å². The number of alkyl halides is 3. The maximum Gasteiger partial charge on any atom is 0.490 e. The number of fused-ring (bicyclic) bond motifs is 1. The maximum absolute atomic E-state index is 11.9. The Hall–Kier alpha value is -2.40. The van der Waals surface area contributed by atoms with Gasteiger partial charge in [0.1, 0.15) is 0 Å². The first-order valence-electron chi connectivity index (χ1n) is 9.59. The smallest absolute Gasteiger partial charge is 0.475 e. The summed E-state index contributed by atoms with van der Waals surface area (Å²) < 4.78 is 34.0. The van der Waals surface area contributed by atoms with Gasteiger partial charge in [-0.15, -0.1) is 11.3 Å². The number of carboxylic acid groups (broad SMARTS) is 1. The number of aryl methyl sites for hydroxylation is 1. The number of halogens is 3. The van der Waals surface area contributed by atoms with E-state index >= 15 is 0 Å². The quantitative estimate of drug-likeness (QED) is 0.784. The third-order valence-electron chi connectivity index (χ3n) is 4.99. The van der Waals surface area contributed by atoms with E-state index in [0.29, 0.717) is 13.0 Å². The van der Waals surface area contributed by atoms with Crippen molar-refractivity contribution in [2.45, 2.75) is 51.6 Å². The molecule has 30 heavy (non-hydrogen) atoms. The number of carbonyl (C=O) groups excluding carboxylic acids is 1. The van der Waals surface area contributed by atoms with Crippen LogP contribution in [0.3, 0.4) is 0 Å². The van der Waals surface area contributed by atoms with Crippen LogP contribution in [-0.4, -0.2) is 55.6 Å². The molecule has 0 aromatic carbocycles. The summed E-state index contributed by atoms with van der Waals surface area (Å²) in [6, 6.07) is 4.32. The highest BCUT2D eigenvalue weighted by atomic mass is 32.1. The Bertz CT molecular complexity index is 867. The standard InChI is InChI=1S/C17H22N4OS.C2HF3O2/c22-17-5-1-7-20(17)11-15-16-12-19(10-14-4-2-9-23-14)6-3-8-21(16)13-18-15;3-2(4,5)1(6)7/h2,4,9,13H,1,3,5-8,10-12H2;(H,6,7). The van der Waals surface area contributed by atoms with Gasteiger partial charge in [-0.2, -0.15) is 13.2 Å². The molecular weight excluding hydrogens is 421 g/mol. The molecule has 4 heterocycles. The van der Waals surface area contributed by atoms with Crippen LogP contribution >= 0.6 is 11.3 Å². The summed E-state index contributed by atoms with van der Waals surface area (Å²) in [5.41, 5.74) is 2.37. The molecule has 7 nitrogen and oxygen atoms in total. The summed E-state index contributed by atoms with van der Waals surface area (Å²) >= 11 is 1.82. The number of nitrogens with zero attached hydrogens (tertiary/aromatic N) is 4. The van der Waals surface area contributed by atoms with Gasteiger partial charge >= 0.3 is 12.1 Å². The van der Waals surface area contributed by atoms with Crippen LogP contribution in [0.15, 0.2) is 23.8 Å². The monoisotopic (exact) mass is 444 g/mol. The van der Waals surface area contributed by atoms with Gasteiger partial charge in [0.05, 0.1) is 24.3 Å². The highest BCUT2D eigenvalue weighted by Crippen LogP contribution is 2.22. The number of likely N-dealkylation sites (tertiary alicyclic amines) is 1. The van der Waals surface area contributed by atoms with E-state index < -0.39 is 12.1 Å². The normalized spacial score (nSPS) is 17.3. The van der Waals surface area contributed by atoms with Crippen LogP contribution in [0, 0.1) is 0 Å². The van der Waals surface area contributed by atoms with E-state index in [1.807, 2.05) is 22.6 Å². The Morgan fingerprint density at radius 2 is 1.97 bits per heavy atom. The predicted molar refractivity (Wildman–Crippen MR) is 104 cm³/mol. The summed E-state index contributed by atoms with van der Waals surface area (Å²) in [6.45, 7) is 5.62. The first-order chi connectivity index (χ1) is 14.2. The van der Waals surface area contributed by atoms with E-state index in [-0.39, 0.29) is 5.91 Å². The van der Waals surface area contributed by atoms with E-state index in [1.54, 1.807) is 0 Å². The number of imidazole rings is 1. The maximum atomic E-state index is 11.9. The lowest BCUT2D eigenvalue weighted by atomic mass is 10.2. The van der Waals surface area contributed by atoms with Crippen molar-refractivity contribution in [3.8, 4) is 0 Å². The van der Waals surface area contributed by atoms with Crippen molar-refractivity contribution < 1.29 is 27.9 Å². The van der Waals surface area contributed by atoms with Crippen molar-refractivity contribution >= 4 is 23.2 Å². The number of hydrogen-bond donors (Lipinski definition) is 1. The molecule has 2 aliphatic rings. The topological polar surface area (TPSA) is 78.7 Å². The fraction of sp³-hybridized carbons (Fsp3) is 0.526. The Morgan fingerprint density at radius 3 is 2.57 bits per heavy atom. The van der Waals surface area contributed by atoms with Crippen molar-refractivity contribution in [3.05, 3.63) is 40.1 Å². The molecule has 1 saturated heterocycles. The molecule has 0 aliphatic carbocycles. The van der Waals surface area contributed by atoms with Crippen molar-refractivity contribution in [1.82, 2.24) is 19.4 Å². The number of aromatic nitrogens is 2. The second-order valence-corrected chi connectivity index (χ2v) is 8.23. The molecule has 11 heteroatoms. The lowest BCUT2D eigenvalue weighted by Crippen LogP contribution is -2.26. The zero-order chi connectivity index (χ0) is 21.7. The molecule has 0 unspecified atom stereocenters. The van der Waals surface area contributed by atoms with E-state index in [9.17, 15) is 18.0 Å². The first-order valence-corrected chi connectivity index (χ1v) is 10.5. The SMILES string of the molecule is O=C(O)C(F)(F)F.O=C1CCCN1Cc1ncn2c1CN(Cc1cccs1)CCC2. The minimum Gasteiger partial charge on any atom is -0.475 e. The Morgan fingerprint density at radius 1 is 1.20 bits per heavy atom. The third kappa shape index (κ3) is 5.82. The van der Waals surface area contributed by atoms with Gasteiger partial charge < -0.3 is 14.6 Å². The van der Waals surface area contributed by atoms with Crippen molar-refractivity contribution in [2.24, 2.45) is 0 Å². The molecule has 0 saturated carbocycles. The van der Waals surface area contributed by atoms with Gasteiger partial charge in [0.2, 0.25) is 5.91 Å². The van der Waals surface area contributed by atoms with Gasteiger partial charge in [-0.1, -0.05) is 6.07 Å². The molecule has 1 N–H and O–H groups in total. The number of amides is 1. The fourth-order valence-electron chi connectivity index (χ4n) is 3.52. The number of carbonyl (C=O) groups is 2. The fourth-order valence-corrected chi connectivity index (χ4v) is 4.27. The number of thiophene rings is 1. The van der Waals surface area contributed by atoms with Crippen LogP contribution in [0.4, 0.5) is 13.2 Å². The summed E-state index contributed by atoms with van der Waals surface area (Å²) in [5, 5.41) is 9.27. The van der Waals surface area contributed by atoms with E-state index in [1.165, 1.54) is 10.6 Å². The number of rotatable bonds is 4. The molecule has 1 fully saturated rings. The van der Waals surface area contributed by atoms with Crippen LogP contribution in [0.5, 0.6) is 0 Å². The average molecular weight is 444 g/mol. The zero-order valence-corrected chi connectivity index (χ0v) is 17.1. The van der Waals surface area contributed by atoms with Crippen LogP contribution in [0.2, 0.25) is 0 Å². The van der Waals surface area contributed by atoms with Gasteiger partial charge in [-0.3, -0.25) is 9.69 Å². The minimum atomic E-state index is -5.08. The van der Waals surface area contributed by atoms with Gasteiger partial charge in [-0.25, -0.2) is 9.78 Å². The summed E-state index contributed by atoms with van der Waals surface area (Å²) in [7, 11) is 0. The van der Waals surface area contributed by atoms with Crippen LogP contribution in [-0.2, 0) is 35.8 Å². The molecular formula is C19H23F3N4O3S. The molecule has 2 aromatic rings. The molecule has 164 valence electrons. The first kappa shape index (κ1) is 22.3. The molecule has 0 bridgehead atoms. The third-order valence-corrected chi connectivity index (χ3v) is 5.85. The van der Waals surface area contributed by atoms with Crippen LogP contribution in [0.25, 0.3) is 0 Å². The Balaban J connectivity index is 0.000000318. The van der Waals surface area contributed by atoms with E-state index in [4.69, 9.17) is 9.90 Å². The molecule has 0 spiro atoms. The second kappa shape index (κ2) is 9.61. The van der Waals surface area contributed by atoms with Gasteiger partial charge in [-0.05, 0) is 24.3 Å². The molecule has 4 rings (SSSR count). The summed E-state index contributed by atoms with van der Waals surface area (Å²) in [6.07, 6.45) is -0.295.